The zero-order chi connectivity index (χ0) is 65.8. The Hall–Kier alpha value is -6.13. The number of aliphatic hydroxyl groups is 2. The molecular formula is C66H92N4O19S2. The number of carbonyl (C=O) groups excluding carboxylic acids is 3. The number of hydrogen-bond donors (Lipinski definition) is 4. The van der Waals surface area contributed by atoms with E-state index in [4.69, 9.17) is 47.4 Å². The molecule has 25 heteroatoms. The Labute approximate surface area is 535 Å². The number of aliphatic hydroxyl groups excluding tert-OH is 2. The molecule has 7 atom stereocenters. The number of carbonyl (C=O) groups is 3. The summed E-state index contributed by atoms with van der Waals surface area (Å²) in [5.74, 6) is 0.804. The number of benzene rings is 4. The molecule has 4 aromatic carbocycles. The number of hydrogen-bond acceptors (Lipinski definition) is 19. The van der Waals surface area contributed by atoms with Gasteiger partial charge in [0.05, 0.1) is 66.4 Å². The minimum absolute atomic E-state index is 0.00291. The van der Waals surface area contributed by atoms with E-state index in [0.29, 0.717) is 94.9 Å². The SMILES string of the molecule is CC(=O)CCC(C)(C)CN(C[C@@H](O)[C@H](Cc1ccccc1)NC(=O)O[C@H]1CO[C@H]2OCC[C@H]21)S(=O)(=O)c1ccc2c(c1)OCCO2.CC(C)(CCC1(C)OCCO1)CN(C[C@@H](O)[C@H](Cc1ccccc1)NC(=O)OC(C)(C)C)S(=O)(=O)c1ccc2c(c1)OCCO2. The number of fused-ring (bicyclic) bond motifs is 3. The van der Waals surface area contributed by atoms with Crippen molar-refractivity contribution in [1.82, 2.24) is 19.2 Å². The molecular weight excluding hydrogens is 1220 g/mol. The van der Waals surface area contributed by atoms with Gasteiger partial charge in [-0.15, -0.1) is 0 Å². The summed E-state index contributed by atoms with van der Waals surface area (Å²) < 4.78 is 116. The zero-order valence-corrected chi connectivity index (χ0v) is 55.4. The van der Waals surface area contributed by atoms with Gasteiger partial charge in [-0.3, -0.25) is 0 Å². The lowest BCUT2D eigenvalue weighted by Gasteiger charge is -2.36. The fourth-order valence-electron chi connectivity index (χ4n) is 11.4. The largest absolute Gasteiger partial charge is 0.486 e. The Morgan fingerprint density at radius 2 is 1.08 bits per heavy atom. The highest BCUT2D eigenvalue weighted by Gasteiger charge is 2.45. The van der Waals surface area contributed by atoms with Gasteiger partial charge in [0.2, 0.25) is 20.0 Å². The molecule has 4 aromatic rings. The number of amides is 2. The van der Waals surface area contributed by atoms with Crippen LogP contribution in [0.2, 0.25) is 0 Å². The number of ether oxygens (including phenoxy) is 10. The highest BCUT2D eigenvalue weighted by Crippen LogP contribution is 2.39. The highest BCUT2D eigenvalue weighted by molar-refractivity contribution is 7.89. The van der Waals surface area contributed by atoms with Gasteiger partial charge in [0.15, 0.2) is 35.1 Å². The van der Waals surface area contributed by atoms with Gasteiger partial charge in [0.1, 0.15) is 43.9 Å². The van der Waals surface area contributed by atoms with Crippen molar-refractivity contribution < 1.29 is 88.8 Å². The van der Waals surface area contributed by atoms with Crippen molar-refractivity contribution in [3.05, 3.63) is 108 Å². The Kier molecular flexibility index (Phi) is 23.9. The van der Waals surface area contributed by atoms with Crippen molar-refractivity contribution in [2.45, 2.75) is 165 Å². The molecule has 0 saturated carbocycles. The van der Waals surface area contributed by atoms with Crippen LogP contribution in [-0.2, 0) is 66.1 Å². The number of nitrogens with one attached hydrogen (secondary N) is 2. The van der Waals surface area contributed by atoms with Gasteiger partial charge in [0.25, 0.3) is 0 Å². The van der Waals surface area contributed by atoms with Gasteiger partial charge in [-0.25, -0.2) is 26.4 Å². The Morgan fingerprint density at radius 3 is 1.55 bits per heavy atom. The van der Waals surface area contributed by atoms with E-state index in [1.165, 1.54) is 39.8 Å². The molecule has 0 aromatic heterocycles. The monoisotopic (exact) mass is 1310 g/mol. The van der Waals surface area contributed by atoms with Gasteiger partial charge < -0.3 is 73.0 Å². The fourth-order valence-corrected chi connectivity index (χ4v) is 14.7. The van der Waals surface area contributed by atoms with Crippen molar-refractivity contribution in [3.63, 3.8) is 0 Å². The van der Waals surface area contributed by atoms with Crippen LogP contribution < -0.4 is 29.6 Å². The second-order valence-electron chi connectivity index (χ2n) is 26.6. The summed E-state index contributed by atoms with van der Waals surface area (Å²) in [6, 6.07) is 25.9. The van der Waals surface area contributed by atoms with Crippen molar-refractivity contribution in [2.75, 3.05) is 79.0 Å². The van der Waals surface area contributed by atoms with Crippen LogP contribution in [-0.4, -0.2) is 181 Å². The second kappa shape index (κ2) is 30.7. The summed E-state index contributed by atoms with van der Waals surface area (Å²) in [5.41, 5.74) is -0.206. The minimum Gasteiger partial charge on any atom is -0.486 e. The second-order valence-corrected chi connectivity index (χ2v) is 30.4. The molecule has 91 heavy (non-hydrogen) atoms. The first kappa shape index (κ1) is 70.7. The molecule has 3 saturated heterocycles. The summed E-state index contributed by atoms with van der Waals surface area (Å²) in [6.45, 7) is 19.0. The molecule has 5 aliphatic rings. The predicted molar refractivity (Wildman–Crippen MR) is 336 cm³/mol. The molecule has 0 unspecified atom stereocenters. The maximum atomic E-state index is 14.3. The van der Waals surface area contributed by atoms with Crippen molar-refractivity contribution in [2.24, 2.45) is 16.7 Å². The lowest BCUT2D eigenvalue weighted by molar-refractivity contribution is -0.151. The fraction of sp³-hybridized carbons (Fsp3) is 0.591. The van der Waals surface area contributed by atoms with Crippen LogP contribution in [0.5, 0.6) is 23.0 Å². The van der Waals surface area contributed by atoms with Gasteiger partial charge in [0, 0.05) is 51.2 Å². The van der Waals surface area contributed by atoms with E-state index in [0.717, 1.165) is 11.1 Å². The number of sulfonamides is 2. The Balaban J connectivity index is 0.000000235. The maximum absolute atomic E-state index is 14.3. The smallest absolute Gasteiger partial charge is 0.407 e. The molecule has 4 N–H and O–H groups in total. The number of nitrogens with zero attached hydrogens (tertiary/aromatic N) is 2. The molecule has 2 amide bonds. The van der Waals surface area contributed by atoms with Crippen molar-refractivity contribution in [1.29, 1.82) is 0 Å². The molecule has 9 rings (SSSR count). The third-order valence-electron chi connectivity index (χ3n) is 16.4. The molecule has 5 aliphatic heterocycles. The van der Waals surface area contributed by atoms with Crippen LogP contribution in [0.15, 0.2) is 107 Å². The normalized spacial score (nSPS) is 20.1. The van der Waals surface area contributed by atoms with Crippen LogP contribution in [0.3, 0.4) is 0 Å². The summed E-state index contributed by atoms with van der Waals surface area (Å²) in [7, 11) is -8.33. The summed E-state index contributed by atoms with van der Waals surface area (Å²) in [6.07, 6.45) is -1.84. The summed E-state index contributed by atoms with van der Waals surface area (Å²) in [5, 5.41) is 29.0. The number of Topliss-reactive ketones (excluding diaryl/α,β-unsaturated/α-hetero) is 1. The van der Waals surface area contributed by atoms with E-state index < -0.39 is 91.1 Å². The average molecular weight is 1310 g/mol. The zero-order valence-electron chi connectivity index (χ0n) is 53.8. The van der Waals surface area contributed by atoms with Crippen LogP contribution in [0.25, 0.3) is 0 Å². The number of alkyl carbamates (subject to hydrolysis) is 2. The third-order valence-corrected chi connectivity index (χ3v) is 20.0. The first-order valence-electron chi connectivity index (χ1n) is 31.2. The molecule has 5 heterocycles. The van der Waals surface area contributed by atoms with Crippen molar-refractivity contribution >= 4 is 38.0 Å². The predicted octanol–water partition coefficient (Wildman–Crippen LogP) is 7.82. The first-order chi connectivity index (χ1) is 43.0. The molecule has 0 radical (unpaired) electrons. The molecule has 0 aliphatic carbocycles. The van der Waals surface area contributed by atoms with Gasteiger partial charge in [-0.2, -0.15) is 8.61 Å². The number of ketones is 1. The highest BCUT2D eigenvalue weighted by atomic mass is 32.2. The standard InChI is InChI=1S/C33H44N2O10S.C33H48N2O9S/c1-22(36)11-13-33(2,3)21-35(46(39,40)24-9-10-28-29(18-24)42-16-15-41-28)19-27(37)26(17-23-7-5-4-6-8-23)34-32(38)45-30-20-44-31-25(30)12-14-43-31;1-31(2,3)44-30(37)34-26(20-24-10-8-7-9-11-24)27(36)22-35(23-32(4,5)14-15-33(6)42-18-19-43-33)45(38,39)25-12-13-28-29(21-25)41-17-16-40-28/h4-10,18,25-27,30-31,37H,11-17,19-21H2,1-3H3,(H,34,38);7-13,21,26-27,36H,14-20,22-23H2,1-6H3,(H,34,37)/t25-,26-,27+,30-,31+;26-,27+/m00/s1. The maximum Gasteiger partial charge on any atom is 0.407 e. The number of rotatable bonds is 27. The van der Waals surface area contributed by atoms with E-state index in [9.17, 15) is 41.4 Å². The first-order valence-corrected chi connectivity index (χ1v) is 34.1. The van der Waals surface area contributed by atoms with E-state index in [2.05, 4.69) is 10.6 Å². The van der Waals surface area contributed by atoms with Crippen LogP contribution >= 0.6 is 0 Å². The lowest BCUT2D eigenvalue weighted by Crippen LogP contribution is -2.52. The quantitative estimate of drug-likeness (QED) is 0.0442. The minimum atomic E-state index is -4.19. The van der Waals surface area contributed by atoms with E-state index in [-0.39, 0.29) is 73.5 Å². The van der Waals surface area contributed by atoms with Crippen molar-refractivity contribution in [3.8, 4) is 23.0 Å². The van der Waals surface area contributed by atoms with Crippen LogP contribution in [0.4, 0.5) is 9.59 Å². The van der Waals surface area contributed by atoms with Crippen LogP contribution in [0.1, 0.15) is 106 Å². The lowest BCUT2D eigenvalue weighted by atomic mass is 9.86. The van der Waals surface area contributed by atoms with E-state index in [1.54, 1.807) is 32.9 Å². The van der Waals surface area contributed by atoms with E-state index in [1.807, 2.05) is 95.3 Å². The summed E-state index contributed by atoms with van der Waals surface area (Å²) >= 11 is 0. The average Bonchev–Trinajstić information content (AvgIpc) is 1.62. The van der Waals surface area contributed by atoms with E-state index >= 15 is 0 Å². The molecule has 3 fully saturated rings. The Bertz CT molecular complexity index is 3290. The molecule has 502 valence electrons. The topological polar surface area (TPSA) is 283 Å². The third kappa shape index (κ3) is 20.4. The summed E-state index contributed by atoms with van der Waals surface area (Å²) in [4.78, 5) is 37.8. The molecule has 23 nitrogen and oxygen atoms in total. The van der Waals surface area contributed by atoms with Gasteiger partial charge >= 0.3 is 12.2 Å². The van der Waals surface area contributed by atoms with Crippen LogP contribution in [0, 0.1) is 16.7 Å². The Morgan fingerprint density at radius 1 is 0.615 bits per heavy atom. The molecule has 0 bridgehead atoms. The van der Waals surface area contributed by atoms with Gasteiger partial charge in [-0.05, 0) is 113 Å². The van der Waals surface area contributed by atoms with Gasteiger partial charge in [-0.1, -0.05) is 88.4 Å². The molecule has 0 spiro atoms.